The van der Waals surface area contributed by atoms with E-state index >= 15 is 0 Å². The Hall–Kier alpha value is -0.580. The Morgan fingerprint density at radius 1 is 1.53 bits per heavy atom. The van der Waals surface area contributed by atoms with E-state index in [9.17, 15) is 4.79 Å². The number of nitrogens with zero attached hydrogens (tertiary/aromatic N) is 1. The normalized spacial score (nSPS) is 10.5. The predicted octanol–water partition coefficient (Wildman–Crippen LogP) is 3.18. The number of thiophene rings is 1. The first-order chi connectivity index (χ1) is 8.13. The van der Waals surface area contributed by atoms with Crippen LogP contribution in [-0.2, 0) is 16.1 Å². The van der Waals surface area contributed by atoms with Crippen molar-refractivity contribution < 1.29 is 9.53 Å². The predicted molar refractivity (Wildman–Crippen MR) is 71.5 cm³/mol. The molecule has 0 spiro atoms. The molecule has 0 atom stereocenters. The molecule has 0 saturated carbocycles. The molecule has 0 aliphatic rings. The zero-order valence-corrected chi connectivity index (χ0v) is 11.8. The minimum absolute atomic E-state index is 0.147. The fourth-order valence-corrected chi connectivity index (χ4v) is 2.56. The fraction of sp³-hybridized carbons (Fsp3) is 0.583. The van der Waals surface area contributed by atoms with Crippen LogP contribution in [0.3, 0.4) is 0 Å². The Balaban J connectivity index is 2.27. The van der Waals surface area contributed by atoms with E-state index in [4.69, 9.17) is 16.3 Å². The van der Waals surface area contributed by atoms with E-state index in [0.29, 0.717) is 26.2 Å². The molecule has 0 unspecified atom stereocenters. The summed E-state index contributed by atoms with van der Waals surface area (Å²) < 4.78 is 5.96. The van der Waals surface area contributed by atoms with Gasteiger partial charge in [-0.05, 0) is 25.5 Å². The minimum Gasteiger partial charge on any atom is -0.382 e. The topological polar surface area (TPSA) is 29.5 Å². The van der Waals surface area contributed by atoms with Crippen LogP contribution in [0.5, 0.6) is 0 Å². The summed E-state index contributed by atoms with van der Waals surface area (Å²) in [6.45, 7) is 3.94. The molecule has 0 radical (unpaired) electrons. The Labute approximate surface area is 111 Å². The van der Waals surface area contributed by atoms with Crippen LogP contribution >= 0.6 is 22.9 Å². The lowest BCUT2D eigenvalue weighted by Crippen LogP contribution is -2.25. The Bertz CT molecular complexity index is 354. The van der Waals surface area contributed by atoms with Crippen LogP contribution in [-0.4, -0.2) is 31.1 Å². The summed E-state index contributed by atoms with van der Waals surface area (Å²) in [5.41, 5.74) is 0. The third-order valence-corrected chi connectivity index (χ3v) is 3.55. The average molecular weight is 276 g/mol. The summed E-state index contributed by atoms with van der Waals surface area (Å²) in [5.74, 6) is 0.147. The molecule has 1 aromatic heterocycles. The van der Waals surface area contributed by atoms with Crippen molar-refractivity contribution in [2.75, 3.05) is 20.3 Å². The van der Waals surface area contributed by atoms with E-state index in [1.54, 1.807) is 4.90 Å². The van der Waals surface area contributed by atoms with Gasteiger partial charge in [0, 0.05) is 31.6 Å². The van der Waals surface area contributed by atoms with Crippen LogP contribution in [0, 0.1) is 0 Å². The molecule has 0 bridgehead atoms. The molecule has 96 valence electrons. The first-order valence-corrected chi connectivity index (χ1v) is 6.89. The third kappa shape index (κ3) is 5.52. The monoisotopic (exact) mass is 275 g/mol. The Kier molecular flexibility index (Phi) is 6.55. The van der Waals surface area contributed by atoms with Crippen LogP contribution in [0.4, 0.5) is 0 Å². The highest BCUT2D eigenvalue weighted by Crippen LogP contribution is 2.22. The highest BCUT2D eigenvalue weighted by Gasteiger charge is 2.09. The summed E-state index contributed by atoms with van der Waals surface area (Å²) in [6, 6.07) is 3.81. The number of carbonyl (C=O) groups is 1. The molecule has 0 N–H and O–H groups in total. The molecule has 17 heavy (non-hydrogen) atoms. The molecule has 1 heterocycles. The molecule has 0 aliphatic carbocycles. The number of halogens is 1. The van der Waals surface area contributed by atoms with Gasteiger partial charge in [0.2, 0.25) is 5.91 Å². The zero-order valence-electron chi connectivity index (χ0n) is 10.2. The van der Waals surface area contributed by atoms with Crippen molar-refractivity contribution >= 4 is 28.8 Å². The lowest BCUT2D eigenvalue weighted by molar-refractivity contribution is -0.130. The standard InChI is InChI=1S/C12H18ClNO2S/c1-3-16-8-4-5-12(15)14(2)9-10-6-7-11(13)17-10/h6-7H,3-5,8-9H2,1-2H3. The second-order valence-electron chi connectivity index (χ2n) is 3.76. The largest absolute Gasteiger partial charge is 0.382 e. The quantitative estimate of drug-likeness (QED) is 0.716. The minimum atomic E-state index is 0.147. The molecule has 3 nitrogen and oxygen atoms in total. The van der Waals surface area contributed by atoms with Gasteiger partial charge in [0.1, 0.15) is 0 Å². The molecule has 1 amide bonds. The summed E-state index contributed by atoms with van der Waals surface area (Å²) in [4.78, 5) is 14.6. The van der Waals surface area contributed by atoms with Crippen molar-refractivity contribution in [2.24, 2.45) is 0 Å². The molecular weight excluding hydrogens is 258 g/mol. The molecule has 0 aliphatic heterocycles. The molecule has 1 aromatic rings. The van der Waals surface area contributed by atoms with Crippen molar-refractivity contribution in [1.29, 1.82) is 0 Å². The second-order valence-corrected chi connectivity index (χ2v) is 5.56. The van der Waals surface area contributed by atoms with E-state index in [1.165, 1.54) is 11.3 Å². The number of carbonyl (C=O) groups excluding carboxylic acids is 1. The van der Waals surface area contributed by atoms with Gasteiger partial charge in [0.25, 0.3) is 0 Å². The van der Waals surface area contributed by atoms with Crippen LogP contribution in [0.15, 0.2) is 12.1 Å². The van der Waals surface area contributed by atoms with E-state index < -0.39 is 0 Å². The molecular formula is C12H18ClNO2S. The maximum absolute atomic E-state index is 11.8. The van der Waals surface area contributed by atoms with Gasteiger partial charge in [-0.1, -0.05) is 11.6 Å². The molecule has 0 fully saturated rings. The van der Waals surface area contributed by atoms with Crippen LogP contribution < -0.4 is 0 Å². The molecule has 0 saturated heterocycles. The molecule has 5 heteroatoms. The third-order valence-electron chi connectivity index (χ3n) is 2.33. The van der Waals surface area contributed by atoms with Gasteiger partial charge < -0.3 is 9.64 Å². The van der Waals surface area contributed by atoms with E-state index in [0.717, 1.165) is 15.6 Å². The van der Waals surface area contributed by atoms with Gasteiger partial charge in [-0.15, -0.1) is 11.3 Å². The number of rotatable bonds is 7. The van der Waals surface area contributed by atoms with Crippen molar-refractivity contribution in [3.63, 3.8) is 0 Å². The van der Waals surface area contributed by atoms with Crippen molar-refractivity contribution in [3.05, 3.63) is 21.3 Å². The first-order valence-electron chi connectivity index (χ1n) is 5.69. The SMILES string of the molecule is CCOCCCC(=O)N(C)Cc1ccc(Cl)s1. The maximum Gasteiger partial charge on any atom is 0.222 e. The van der Waals surface area contributed by atoms with Crippen LogP contribution in [0.25, 0.3) is 0 Å². The highest BCUT2D eigenvalue weighted by atomic mass is 35.5. The molecule has 1 rings (SSSR count). The smallest absolute Gasteiger partial charge is 0.222 e. The summed E-state index contributed by atoms with van der Waals surface area (Å²) >= 11 is 7.35. The lowest BCUT2D eigenvalue weighted by atomic mass is 10.3. The Morgan fingerprint density at radius 2 is 2.29 bits per heavy atom. The number of amides is 1. The van der Waals surface area contributed by atoms with Gasteiger partial charge >= 0.3 is 0 Å². The van der Waals surface area contributed by atoms with E-state index in [1.807, 2.05) is 26.1 Å². The lowest BCUT2D eigenvalue weighted by Gasteiger charge is -2.16. The number of hydrogen-bond donors (Lipinski definition) is 0. The zero-order chi connectivity index (χ0) is 12.7. The highest BCUT2D eigenvalue weighted by molar-refractivity contribution is 7.16. The van der Waals surface area contributed by atoms with E-state index in [-0.39, 0.29) is 5.91 Å². The number of hydrogen-bond acceptors (Lipinski definition) is 3. The number of ether oxygens (including phenoxy) is 1. The van der Waals surface area contributed by atoms with Gasteiger partial charge in [-0.25, -0.2) is 0 Å². The second kappa shape index (κ2) is 7.69. The summed E-state index contributed by atoms with van der Waals surface area (Å²) in [7, 11) is 1.82. The maximum atomic E-state index is 11.8. The van der Waals surface area contributed by atoms with Crippen molar-refractivity contribution in [1.82, 2.24) is 4.90 Å². The van der Waals surface area contributed by atoms with Gasteiger partial charge in [-0.3, -0.25) is 4.79 Å². The summed E-state index contributed by atoms with van der Waals surface area (Å²) in [6.07, 6.45) is 1.32. The van der Waals surface area contributed by atoms with Crippen LogP contribution in [0.2, 0.25) is 4.34 Å². The first kappa shape index (κ1) is 14.5. The Morgan fingerprint density at radius 3 is 2.88 bits per heavy atom. The van der Waals surface area contributed by atoms with Crippen molar-refractivity contribution in [2.45, 2.75) is 26.3 Å². The van der Waals surface area contributed by atoms with Gasteiger partial charge in [0.15, 0.2) is 0 Å². The van der Waals surface area contributed by atoms with E-state index in [2.05, 4.69) is 0 Å². The van der Waals surface area contributed by atoms with Gasteiger partial charge in [-0.2, -0.15) is 0 Å². The van der Waals surface area contributed by atoms with Crippen LogP contribution in [0.1, 0.15) is 24.6 Å². The van der Waals surface area contributed by atoms with Gasteiger partial charge in [0.05, 0.1) is 10.9 Å². The average Bonchev–Trinajstić information content (AvgIpc) is 2.70. The summed E-state index contributed by atoms with van der Waals surface area (Å²) in [5, 5.41) is 0. The fourth-order valence-electron chi connectivity index (χ4n) is 1.42. The molecule has 0 aromatic carbocycles. The van der Waals surface area contributed by atoms with Crippen molar-refractivity contribution in [3.8, 4) is 0 Å².